The standard InChI is InChI=1S/C23H30N2O4S2/c1-4-25-13-12-18-19(15-25)31-22(21(18)23(27)29-5-2)24-20(26)7-6-14-30-17-10-8-16(28-3)9-11-17/h8-11H,4-7,12-15H2,1-3H3,(H,24,26). The fraction of sp³-hybridized carbons (Fsp3) is 0.478. The Kier molecular flexibility index (Phi) is 8.80. The van der Waals surface area contributed by atoms with Crippen LogP contribution in [0, 0.1) is 0 Å². The lowest BCUT2D eigenvalue weighted by Crippen LogP contribution is -2.30. The maximum Gasteiger partial charge on any atom is 0.341 e. The molecule has 8 heteroatoms. The average Bonchev–Trinajstić information content (AvgIpc) is 3.14. The Morgan fingerprint density at radius 1 is 1.23 bits per heavy atom. The van der Waals surface area contributed by atoms with Gasteiger partial charge in [0.15, 0.2) is 0 Å². The summed E-state index contributed by atoms with van der Waals surface area (Å²) in [5.74, 6) is 1.28. The molecule has 0 atom stereocenters. The fourth-order valence-corrected chi connectivity index (χ4v) is 5.66. The number of amides is 1. The Bertz CT molecular complexity index is 896. The lowest BCUT2D eigenvalue weighted by Gasteiger charge is -2.25. The van der Waals surface area contributed by atoms with Crippen LogP contribution in [0.3, 0.4) is 0 Å². The maximum atomic E-state index is 12.6. The van der Waals surface area contributed by atoms with Gasteiger partial charge in [-0.1, -0.05) is 6.92 Å². The highest BCUT2D eigenvalue weighted by atomic mass is 32.2. The average molecular weight is 463 g/mol. The second kappa shape index (κ2) is 11.5. The molecule has 1 aromatic heterocycles. The number of thioether (sulfide) groups is 1. The Labute approximate surface area is 192 Å². The molecule has 0 radical (unpaired) electrons. The maximum absolute atomic E-state index is 12.6. The monoisotopic (exact) mass is 462 g/mol. The normalized spacial score (nSPS) is 13.5. The molecule has 0 fully saturated rings. The Balaban J connectivity index is 1.58. The molecule has 1 amide bonds. The van der Waals surface area contributed by atoms with Gasteiger partial charge < -0.3 is 14.8 Å². The van der Waals surface area contributed by atoms with Crippen LogP contribution in [0.15, 0.2) is 29.2 Å². The zero-order chi connectivity index (χ0) is 22.2. The van der Waals surface area contributed by atoms with Crippen LogP contribution in [0.5, 0.6) is 5.75 Å². The van der Waals surface area contributed by atoms with E-state index in [1.807, 2.05) is 24.3 Å². The van der Waals surface area contributed by atoms with Gasteiger partial charge in [-0.2, -0.15) is 0 Å². The summed E-state index contributed by atoms with van der Waals surface area (Å²) in [5, 5.41) is 3.62. The minimum atomic E-state index is -0.338. The van der Waals surface area contributed by atoms with Crippen molar-refractivity contribution in [2.75, 3.05) is 37.9 Å². The first-order valence-corrected chi connectivity index (χ1v) is 12.5. The largest absolute Gasteiger partial charge is 0.497 e. The van der Waals surface area contributed by atoms with E-state index in [4.69, 9.17) is 9.47 Å². The minimum Gasteiger partial charge on any atom is -0.497 e. The number of nitrogens with one attached hydrogen (secondary N) is 1. The number of carbonyl (C=O) groups excluding carboxylic acids is 2. The first kappa shape index (κ1) is 23.6. The zero-order valence-electron chi connectivity index (χ0n) is 18.4. The third-order valence-electron chi connectivity index (χ3n) is 5.19. The van der Waals surface area contributed by atoms with Crippen molar-refractivity contribution in [2.45, 2.75) is 44.6 Å². The van der Waals surface area contributed by atoms with Crippen LogP contribution in [0.1, 0.15) is 47.5 Å². The van der Waals surface area contributed by atoms with Gasteiger partial charge in [0.05, 0.1) is 19.3 Å². The van der Waals surface area contributed by atoms with E-state index >= 15 is 0 Å². The topological polar surface area (TPSA) is 67.9 Å². The van der Waals surface area contributed by atoms with Gasteiger partial charge in [0.1, 0.15) is 10.8 Å². The lowest BCUT2D eigenvalue weighted by molar-refractivity contribution is -0.116. The molecule has 0 saturated heterocycles. The number of methoxy groups -OCH3 is 1. The van der Waals surface area contributed by atoms with Gasteiger partial charge in [-0.3, -0.25) is 9.69 Å². The first-order chi connectivity index (χ1) is 15.0. The van der Waals surface area contributed by atoms with Crippen molar-refractivity contribution in [1.82, 2.24) is 4.90 Å². The summed E-state index contributed by atoms with van der Waals surface area (Å²) in [6.45, 7) is 6.96. The van der Waals surface area contributed by atoms with Crippen LogP contribution in [-0.2, 0) is 22.5 Å². The summed E-state index contributed by atoms with van der Waals surface area (Å²) in [6.07, 6.45) is 1.98. The zero-order valence-corrected chi connectivity index (χ0v) is 20.0. The molecule has 0 spiro atoms. The number of thiophene rings is 1. The van der Waals surface area contributed by atoms with E-state index in [0.29, 0.717) is 23.6 Å². The number of rotatable bonds is 10. The molecule has 0 aliphatic carbocycles. The van der Waals surface area contributed by atoms with E-state index < -0.39 is 0 Å². The predicted octanol–water partition coefficient (Wildman–Crippen LogP) is 4.82. The van der Waals surface area contributed by atoms with E-state index in [-0.39, 0.29) is 11.9 Å². The Hall–Kier alpha value is -2.03. The molecule has 6 nitrogen and oxygen atoms in total. The highest BCUT2D eigenvalue weighted by molar-refractivity contribution is 7.99. The molecule has 0 bridgehead atoms. The molecule has 1 aliphatic heterocycles. The Morgan fingerprint density at radius 2 is 2.00 bits per heavy atom. The van der Waals surface area contributed by atoms with Gasteiger partial charge in [0.2, 0.25) is 5.91 Å². The highest BCUT2D eigenvalue weighted by Gasteiger charge is 2.29. The molecule has 1 N–H and O–H groups in total. The number of hydrogen-bond acceptors (Lipinski definition) is 7. The van der Waals surface area contributed by atoms with Crippen LogP contribution < -0.4 is 10.1 Å². The lowest BCUT2D eigenvalue weighted by atomic mass is 10.0. The Morgan fingerprint density at radius 3 is 2.68 bits per heavy atom. The second-order valence-corrected chi connectivity index (χ2v) is 9.50. The van der Waals surface area contributed by atoms with Crippen molar-refractivity contribution in [3.05, 3.63) is 40.3 Å². The van der Waals surface area contributed by atoms with Gasteiger partial charge >= 0.3 is 5.97 Å². The molecule has 0 unspecified atom stereocenters. The number of anilines is 1. The summed E-state index contributed by atoms with van der Waals surface area (Å²) >= 11 is 3.23. The predicted molar refractivity (Wildman–Crippen MR) is 127 cm³/mol. The molecule has 31 heavy (non-hydrogen) atoms. The second-order valence-electron chi connectivity index (χ2n) is 7.22. The van der Waals surface area contributed by atoms with Crippen molar-refractivity contribution >= 4 is 40.0 Å². The van der Waals surface area contributed by atoms with Crippen LogP contribution >= 0.6 is 23.1 Å². The van der Waals surface area contributed by atoms with E-state index in [1.54, 1.807) is 25.8 Å². The van der Waals surface area contributed by atoms with E-state index in [0.717, 1.165) is 59.3 Å². The number of carbonyl (C=O) groups is 2. The summed E-state index contributed by atoms with van der Waals surface area (Å²) in [5.41, 5.74) is 1.59. The van der Waals surface area contributed by atoms with Gasteiger partial charge in [0, 0.05) is 29.3 Å². The van der Waals surface area contributed by atoms with Crippen molar-refractivity contribution in [1.29, 1.82) is 0 Å². The number of esters is 1. The third-order valence-corrected chi connectivity index (χ3v) is 7.42. The van der Waals surface area contributed by atoms with Crippen molar-refractivity contribution in [3.8, 4) is 5.75 Å². The van der Waals surface area contributed by atoms with Crippen molar-refractivity contribution in [2.24, 2.45) is 0 Å². The molecular formula is C23H30N2O4S2. The number of hydrogen-bond donors (Lipinski definition) is 1. The molecule has 3 rings (SSSR count). The van der Waals surface area contributed by atoms with Crippen LogP contribution in [0.2, 0.25) is 0 Å². The van der Waals surface area contributed by atoms with Crippen LogP contribution in [0.25, 0.3) is 0 Å². The van der Waals surface area contributed by atoms with E-state index in [2.05, 4.69) is 17.1 Å². The minimum absolute atomic E-state index is 0.0631. The molecule has 2 aromatic rings. The molecule has 2 heterocycles. The molecule has 1 aromatic carbocycles. The van der Waals surface area contributed by atoms with Crippen molar-refractivity contribution in [3.63, 3.8) is 0 Å². The number of nitrogens with zero attached hydrogens (tertiary/aromatic N) is 1. The number of ether oxygens (including phenoxy) is 2. The van der Waals surface area contributed by atoms with Gasteiger partial charge in [-0.05, 0) is 61.9 Å². The van der Waals surface area contributed by atoms with Gasteiger partial charge in [-0.25, -0.2) is 4.79 Å². The number of fused-ring (bicyclic) bond motifs is 1. The number of likely N-dealkylation sites (N-methyl/N-ethyl adjacent to an activating group) is 1. The third kappa shape index (κ3) is 6.24. The fourth-order valence-electron chi connectivity index (χ4n) is 3.52. The van der Waals surface area contributed by atoms with Gasteiger partial charge in [0.25, 0.3) is 0 Å². The highest BCUT2D eigenvalue weighted by Crippen LogP contribution is 2.37. The number of benzene rings is 1. The van der Waals surface area contributed by atoms with Crippen LogP contribution in [0.4, 0.5) is 5.00 Å². The summed E-state index contributed by atoms with van der Waals surface area (Å²) in [4.78, 5) is 29.8. The molecular weight excluding hydrogens is 432 g/mol. The van der Waals surface area contributed by atoms with Gasteiger partial charge in [-0.15, -0.1) is 23.1 Å². The van der Waals surface area contributed by atoms with E-state index in [9.17, 15) is 9.59 Å². The summed E-state index contributed by atoms with van der Waals surface area (Å²) in [7, 11) is 1.65. The molecule has 168 valence electrons. The van der Waals surface area contributed by atoms with E-state index in [1.165, 1.54) is 11.3 Å². The SMILES string of the molecule is CCOC(=O)c1c(NC(=O)CCCSc2ccc(OC)cc2)sc2c1CCN(CC)C2. The summed E-state index contributed by atoms with van der Waals surface area (Å²) < 4.78 is 10.5. The van der Waals surface area contributed by atoms with Crippen LogP contribution in [-0.4, -0.2) is 49.3 Å². The summed E-state index contributed by atoms with van der Waals surface area (Å²) in [6, 6.07) is 7.91. The van der Waals surface area contributed by atoms with Crippen molar-refractivity contribution < 1.29 is 19.1 Å². The molecule has 0 saturated carbocycles. The quantitative estimate of drug-likeness (QED) is 0.310. The first-order valence-electron chi connectivity index (χ1n) is 10.7. The molecule has 1 aliphatic rings. The smallest absolute Gasteiger partial charge is 0.341 e.